The molecule has 1 heterocycles. The fraction of sp³-hybridized carbons (Fsp3) is 0.0800. The van der Waals surface area contributed by atoms with Crippen LogP contribution in [0.25, 0.3) is 0 Å². The van der Waals surface area contributed by atoms with Crippen LogP contribution in [0.4, 0.5) is 17.1 Å². The van der Waals surface area contributed by atoms with Gasteiger partial charge in [-0.05, 0) is 54.6 Å². The van der Waals surface area contributed by atoms with Crippen molar-refractivity contribution in [2.24, 2.45) is 0 Å². The monoisotopic (exact) mass is 545 g/mol. The number of benzene rings is 3. The number of hydrogen-bond acceptors (Lipinski definition) is 6. The number of carbonyl (C=O) groups is 3. The summed E-state index contributed by atoms with van der Waals surface area (Å²) in [5.41, 5.74) is 1.24. The minimum absolute atomic E-state index is 0.120. The summed E-state index contributed by atoms with van der Waals surface area (Å²) in [6.07, 6.45) is 0. The second-order valence-electron chi connectivity index (χ2n) is 7.45. The van der Waals surface area contributed by atoms with Crippen molar-refractivity contribution in [1.82, 2.24) is 0 Å². The summed E-state index contributed by atoms with van der Waals surface area (Å²) in [4.78, 5) is 39.3. The third kappa shape index (κ3) is 4.97. The Bertz CT molecular complexity index is 1410. The van der Waals surface area contributed by atoms with Crippen molar-refractivity contribution < 1.29 is 23.9 Å². The van der Waals surface area contributed by atoms with E-state index in [1.54, 1.807) is 42.5 Å². The fourth-order valence-corrected chi connectivity index (χ4v) is 4.01. The first-order chi connectivity index (χ1) is 17.2. The maximum atomic E-state index is 13.0. The van der Waals surface area contributed by atoms with Gasteiger partial charge >= 0.3 is 0 Å². The molecule has 0 aromatic heterocycles. The van der Waals surface area contributed by atoms with Crippen LogP contribution in [0.3, 0.4) is 0 Å². The molecule has 3 aromatic rings. The number of nitrogens with zero attached hydrogens (tertiary/aromatic N) is 1. The third-order valence-electron chi connectivity index (χ3n) is 5.25. The Labute approximate surface area is 221 Å². The molecule has 0 saturated carbocycles. The largest absolute Gasteiger partial charge is 0.497 e. The maximum absolute atomic E-state index is 13.0. The zero-order chi connectivity index (χ0) is 26.0. The van der Waals surface area contributed by atoms with Crippen LogP contribution in [0.2, 0.25) is 10.0 Å². The summed E-state index contributed by atoms with van der Waals surface area (Å²) in [6, 6.07) is 15.7. The van der Waals surface area contributed by atoms with Gasteiger partial charge in [0, 0.05) is 22.3 Å². The molecule has 3 amide bonds. The molecule has 0 atom stereocenters. The number of ether oxygens (including phenoxy) is 2. The highest BCUT2D eigenvalue weighted by Crippen LogP contribution is 2.36. The Morgan fingerprint density at radius 1 is 0.861 bits per heavy atom. The predicted octanol–water partition coefficient (Wildman–Crippen LogP) is 5.70. The zero-order valence-electron chi connectivity index (χ0n) is 18.9. The lowest BCUT2D eigenvalue weighted by atomic mass is 10.1. The first-order valence-electron chi connectivity index (χ1n) is 10.4. The smallest absolute Gasteiger partial charge is 0.283 e. The van der Waals surface area contributed by atoms with Gasteiger partial charge in [-0.15, -0.1) is 0 Å². The predicted molar refractivity (Wildman–Crippen MR) is 139 cm³/mol. The summed E-state index contributed by atoms with van der Waals surface area (Å²) in [5, 5.41) is 5.78. The van der Waals surface area contributed by atoms with Crippen LogP contribution in [0.15, 0.2) is 71.4 Å². The Balaban J connectivity index is 1.50. The van der Waals surface area contributed by atoms with E-state index < -0.39 is 11.8 Å². The molecule has 0 unspecified atom stereocenters. The van der Waals surface area contributed by atoms with E-state index in [9.17, 15) is 14.4 Å². The molecule has 0 radical (unpaired) electrons. The van der Waals surface area contributed by atoms with Crippen LogP contribution in [-0.2, 0) is 9.59 Å². The molecule has 0 aliphatic carbocycles. The van der Waals surface area contributed by atoms with Crippen molar-refractivity contribution in [3.63, 3.8) is 0 Å². The second kappa shape index (κ2) is 10.5. The highest BCUT2D eigenvalue weighted by molar-refractivity contribution is 6.54. The van der Waals surface area contributed by atoms with Gasteiger partial charge in [0.2, 0.25) is 0 Å². The van der Waals surface area contributed by atoms with Gasteiger partial charge in [0.05, 0.1) is 30.6 Å². The standard InChI is InChI=1S/C25H18Cl3N3O5/c1-35-16-8-10-18(20(12-16)36-2)30-23(32)13-3-6-15(7-4-13)29-22-21(28)24(33)31(25(22)34)19-11-14(26)5-9-17(19)27/h3-12,29H,1-2H3,(H,30,32). The second-order valence-corrected chi connectivity index (χ2v) is 8.67. The van der Waals surface area contributed by atoms with Crippen LogP contribution >= 0.6 is 34.8 Å². The first kappa shape index (κ1) is 25.4. The molecule has 8 nitrogen and oxygen atoms in total. The molecule has 0 saturated heterocycles. The fourth-order valence-electron chi connectivity index (χ4n) is 3.43. The molecule has 1 aliphatic heterocycles. The maximum Gasteiger partial charge on any atom is 0.283 e. The van der Waals surface area contributed by atoms with Crippen molar-refractivity contribution in [2.75, 3.05) is 29.8 Å². The van der Waals surface area contributed by atoms with Gasteiger partial charge in [0.25, 0.3) is 17.7 Å². The van der Waals surface area contributed by atoms with E-state index in [2.05, 4.69) is 10.6 Å². The summed E-state index contributed by atoms with van der Waals surface area (Å²) in [6.45, 7) is 0. The highest BCUT2D eigenvalue weighted by Gasteiger charge is 2.40. The van der Waals surface area contributed by atoms with E-state index in [0.29, 0.717) is 33.5 Å². The molecule has 0 spiro atoms. The summed E-state index contributed by atoms with van der Waals surface area (Å²) < 4.78 is 10.5. The van der Waals surface area contributed by atoms with Crippen molar-refractivity contribution in [3.05, 3.63) is 87.0 Å². The number of methoxy groups -OCH3 is 2. The minimum atomic E-state index is -0.738. The van der Waals surface area contributed by atoms with E-state index in [-0.39, 0.29) is 27.3 Å². The lowest BCUT2D eigenvalue weighted by molar-refractivity contribution is -0.120. The molecule has 1 aliphatic rings. The Kier molecular flexibility index (Phi) is 7.40. The van der Waals surface area contributed by atoms with Crippen molar-refractivity contribution in [3.8, 4) is 11.5 Å². The van der Waals surface area contributed by atoms with Crippen LogP contribution < -0.4 is 25.0 Å². The number of imide groups is 1. The zero-order valence-corrected chi connectivity index (χ0v) is 21.2. The van der Waals surface area contributed by atoms with E-state index in [4.69, 9.17) is 44.3 Å². The molecule has 36 heavy (non-hydrogen) atoms. The van der Waals surface area contributed by atoms with E-state index in [0.717, 1.165) is 4.90 Å². The minimum Gasteiger partial charge on any atom is -0.497 e. The number of hydrogen-bond donors (Lipinski definition) is 2. The van der Waals surface area contributed by atoms with E-state index >= 15 is 0 Å². The number of nitrogens with one attached hydrogen (secondary N) is 2. The Morgan fingerprint density at radius 2 is 1.58 bits per heavy atom. The molecule has 184 valence electrons. The Hall–Kier alpha value is -3.72. The SMILES string of the molecule is COc1ccc(NC(=O)c2ccc(NC3=C(Cl)C(=O)N(c4cc(Cl)ccc4Cl)C3=O)cc2)c(OC)c1. The Morgan fingerprint density at radius 3 is 2.25 bits per heavy atom. The third-order valence-corrected chi connectivity index (χ3v) is 6.16. The van der Waals surface area contributed by atoms with Gasteiger partial charge in [-0.1, -0.05) is 34.8 Å². The van der Waals surface area contributed by atoms with Gasteiger partial charge < -0.3 is 20.1 Å². The highest BCUT2D eigenvalue weighted by atomic mass is 35.5. The van der Waals surface area contributed by atoms with Gasteiger partial charge in [0.15, 0.2) is 0 Å². The average Bonchev–Trinajstić information content (AvgIpc) is 3.09. The van der Waals surface area contributed by atoms with Crippen molar-refractivity contribution in [2.45, 2.75) is 0 Å². The molecule has 3 aromatic carbocycles. The van der Waals surface area contributed by atoms with Crippen LogP contribution in [-0.4, -0.2) is 31.9 Å². The quantitative estimate of drug-likeness (QED) is 0.369. The molecule has 0 fully saturated rings. The summed E-state index contributed by atoms with van der Waals surface area (Å²) >= 11 is 18.3. The van der Waals surface area contributed by atoms with Gasteiger partial charge in [0.1, 0.15) is 22.2 Å². The number of halogens is 3. The molecule has 2 N–H and O–H groups in total. The number of anilines is 3. The number of amides is 3. The molecule has 4 rings (SSSR count). The average molecular weight is 547 g/mol. The molecular formula is C25H18Cl3N3O5. The van der Waals surface area contributed by atoms with Gasteiger partial charge in [-0.25, -0.2) is 4.90 Å². The van der Waals surface area contributed by atoms with Gasteiger partial charge in [-0.3, -0.25) is 14.4 Å². The number of rotatable bonds is 7. The van der Waals surface area contributed by atoms with Crippen LogP contribution in [0.5, 0.6) is 11.5 Å². The molecule has 0 bridgehead atoms. The molecular weight excluding hydrogens is 529 g/mol. The summed E-state index contributed by atoms with van der Waals surface area (Å²) in [7, 11) is 3.02. The normalized spacial score (nSPS) is 13.2. The first-order valence-corrected chi connectivity index (χ1v) is 11.5. The van der Waals surface area contributed by atoms with Crippen LogP contribution in [0, 0.1) is 0 Å². The molecule has 11 heteroatoms. The summed E-state index contributed by atoms with van der Waals surface area (Å²) in [5.74, 6) is -0.780. The lowest BCUT2D eigenvalue weighted by Gasteiger charge is -2.17. The lowest BCUT2D eigenvalue weighted by Crippen LogP contribution is -2.32. The number of carbonyl (C=O) groups excluding carboxylic acids is 3. The van der Waals surface area contributed by atoms with E-state index in [1.807, 2.05) is 0 Å². The van der Waals surface area contributed by atoms with Crippen molar-refractivity contribution in [1.29, 1.82) is 0 Å². The van der Waals surface area contributed by atoms with E-state index in [1.165, 1.54) is 32.4 Å². The van der Waals surface area contributed by atoms with Crippen molar-refractivity contribution >= 4 is 69.6 Å². The van der Waals surface area contributed by atoms with Gasteiger partial charge in [-0.2, -0.15) is 0 Å². The topological polar surface area (TPSA) is 97.0 Å². The van der Waals surface area contributed by atoms with Crippen LogP contribution in [0.1, 0.15) is 10.4 Å².